The van der Waals surface area contributed by atoms with Crippen LogP contribution >= 0.6 is 0 Å². The second-order valence-corrected chi connectivity index (χ2v) is 6.99. The van der Waals surface area contributed by atoms with E-state index in [2.05, 4.69) is 24.5 Å². The number of carbonyl (C=O) groups excluding carboxylic acids is 1. The van der Waals surface area contributed by atoms with Crippen molar-refractivity contribution in [1.82, 2.24) is 10.6 Å². The Bertz CT molecular complexity index is 304. The van der Waals surface area contributed by atoms with Gasteiger partial charge >= 0.3 is 6.09 Å². The lowest BCUT2D eigenvalue weighted by molar-refractivity contribution is 0.0487. The van der Waals surface area contributed by atoms with E-state index in [4.69, 9.17) is 15.2 Å². The SMILES string of the molecule is COCC(CCCN)NCC(NC(=O)OC(C)(C)C)C(C)C. The van der Waals surface area contributed by atoms with Crippen LogP contribution in [0.2, 0.25) is 0 Å². The van der Waals surface area contributed by atoms with Crippen LogP contribution in [0.3, 0.4) is 0 Å². The third kappa shape index (κ3) is 10.8. The second-order valence-electron chi connectivity index (χ2n) is 6.99. The monoisotopic (exact) mass is 317 g/mol. The van der Waals surface area contributed by atoms with Crippen LogP contribution in [0.15, 0.2) is 0 Å². The number of alkyl carbamates (subject to hydrolysis) is 1. The highest BCUT2D eigenvalue weighted by Crippen LogP contribution is 2.09. The molecule has 0 rings (SSSR count). The number of methoxy groups -OCH3 is 1. The normalized spacial score (nSPS) is 14.7. The molecule has 6 nitrogen and oxygen atoms in total. The minimum atomic E-state index is -0.487. The van der Waals surface area contributed by atoms with E-state index in [0.29, 0.717) is 25.6 Å². The second kappa shape index (κ2) is 10.8. The summed E-state index contributed by atoms with van der Waals surface area (Å²) in [7, 11) is 1.69. The highest BCUT2D eigenvalue weighted by molar-refractivity contribution is 5.68. The highest BCUT2D eigenvalue weighted by Gasteiger charge is 2.22. The molecule has 0 saturated carbocycles. The average molecular weight is 317 g/mol. The van der Waals surface area contributed by atoms with Crippen molar-refractivity contribution in [2.45, 2.75) is 65.1 Å². The fraction of sp³-hybridized carbons (Fsp3) is 0.938. The predicted octanol–water partition coefficient (Wildman–Crippen LogP) is 1.88. The number of nitrogens with one attached hydrogen (secondary N) is 2. The van der Waals surface area contributed by atoms with Crippen molar-refractivity contribution >= 4 is 6.09 Å². The number of rotatable bonds is 10. The minimum Gasteiger partial charge on any atom is -0.444 e. The van der Waals surface area contributed by atoms with E-state index in [1.54, 1.807) is 7.11 Å². The zero-order valence-electron chi connectivity index (χ0n) is 15.1. The van der Waals surface area contributed by atoms with Crippen molar-refractivity contribution in [3.63, 3.8) is 0 Å². The van der Waals surface area contributed by atoms with Gasteiger partial charge in [-0.05, 0) is 46.1 Å². The summed E-state index contributed by atoms with van der Waals surface area (Å²) in [6, 6.07) is 0.252. The van der Waals surface area contributed by atoms with Crippen LogP contribution in [0.4, 0.5) is 4.79 Å². The molecule has 0 aromatic rings. The maximum Gasteiger partial charge on any atom is 0.407 e. The Hall–Kier alpha value is -0.850. The smallest absolute Gasteiger partial charge is 0.407 e. The van der Waals surface area contributed by atoms with Crippen LogP contribution in [-0.2, 0) is 9.47 Å². The Balaban J connectivity index is 4.40. The van der Waals surface area contributed by atoms with Crippen LogP contribution in [0.1, 0.15) is 47.5 Å². The largest absolute Gasteiger partial charge is 0.444 e. The molecule has 0 saturated heterocycles. The summed E-state index contributed by atoms with van der Waals surface area (Å²) in [5.41, 5.74) is 5.07. The average Bonchev–Trinajstić information content (AvgIpc) is 2.37. The lowest BCUT2D eigenvalue weighted by atomic mass is 10.0. The molecule has 132 valence electrons. The molecule has 0 aliphatic carbocycles. The Kier molecular flexibility index (Phi) is 10.4. The van der Waals surface area contributed by atoms with Gasteiger partial charge < -0.3 is 25.8 Å². The molecule has 6 heteroatoms. The standard InChI is InChI=1S/C16H35N3O3/c1-12(2)14(19-15(20)22-16(3,4)5)10-18-13(11-21-6)8-7-9-17/h12-14,18H,7-11,17H2,1-6H3,(H,19,20). The first-order chi connectivity index (χ1) is 10.2. The van der Waals surface area contributed by atoms with Gasteiger partial charge in [-0.2, -0.15) is 0 Å². The molecule has 0 heterocycles. The van der Waals surface area contributed by atoms with E-state index in [9.17, 15) is 4.79 Å². The van der Waals surface area contributed by atoms with E-state index in [0.717, 1.165) is 12.8 Å². The number of hydrogen-bond donors (Lipinski definition) is 3. The third-order valence-electron chi connectivity index (χ3n) is 3.26. The van der Waals surface area contributed by atoms with Crippen molar-refractivity contribution in [2.24, 2.45) is 11.7 Å². The molecule has 0 radical (unpaired) electrons. The third-order valence-corrected chi connectivity index (χ3v) is 3.26. The number of hydrogen-bond acceptors (Lipinski definition) is 5. The van der Waals surface area contributed by atoms with Crippen molar-refractivity contribution in [3.05, 3.63) is 0 Å². The fourth-order valence-electron chi connectivity index (χ4n) is 2.02. The van der Waals surface area contributed by atoms with Crippen LogP contribution < -0.4 is 16.4 Å². The van der Waals surface area contributed by atoms with Crippen molar-refractivity contribution in [2.75, 3.05) is 26.8 Å². The van der Waals surface area contributed by atoms with Crippen molar-refractivity contribution in [3.8, 4) is 0 Å². The summed E-state index contributed by atoms with van der Waals surface area (Å²) in [5, 5.41) is 6.39. The van der Waals surface area contributed by atoms with Gasteiger partial charge in [-0.1, -0.05) is 13.8 Å². The first-order valence-corrected chi connectivity index (χ1v) is 8.11. The lowest BCUT2D eigenvalue weighted by Crippen LogP contribution is -2.49. The maximum atomic E-state index is 11.9. The Labute approximate surface area is 135 Å². The molecule has 0 bridgehead atoms. The zero-order chi connectivity index (χ0) is 17.2. The van der Waals surface area contributed by atoms with E-state index in [-0.39, 0.29) is 18.2 Å². The van der Waals surface area contributed by atoms with Crippen molar-refractivity contribution < 1.29 is 14.3 Å². The quantitative estimate of drug-likeness (QED) is 0.573. The Morgan fingerprint density at radius 1 is 1.27 bits per heavy atom. The zero-order valence-corrected chi connectivity index (χ0v) is 15.1. The Morgan fingerprint density at radius 3 is 2.36 bits per heavy atom. The van der Waals surface area contributed by atoms with Crippen LogP contribution in [0, 0.1) is 5.92 Å². The van der Waals surface area contributed by atoms with Gasteiger partial charge in [0.25, 0.3) is 0 Å². The van der Waals surface area contributed by atoms with Gasteiger partial charge in [0, 0.05) is 25.7 Å². The molecule has 0 aliphatic heterocycles. The van der Waals surface area contributed by atoms with Crippen molar-refractivity contribution in [1.29, 1.82) is 0 Å². The van der Waals surface area contributed by atoms with Gasteiger partial charge in [-0.15, -0.1) is 0 Å². The summed E-state index contributed by atoms with van der Waals surface area (Å²) in [5.74, 6) is 0.303. The molecule has 22 heavy (non-hydrogen) atoms. The molecule has 0 aliphatic rings. The molecule has 0 fully saturated rings. The van der Waals surface area contributed by atoms with Gasteiger partial charge in [0.15, 0.2) is 0 Å². The number of ether oxygens (including phenoxy) is 2. The van der Waals surface area contributed by atoms with E-state index in [1.807, 2.05) is 20.8 Å². The number of amides is 1. The van der Waals surface area contributed by atoms with Gasteiger partial charge in [0.1, 0.15) is 5.60 Å². The van der Waals surface area contributed by atoms with Crippen LogP contribution in [0.25, 0.3) is 0 Å². The number of carbonyl (C=O) groups is 1. The fourth-order valence-corrected chi connectivity index (χ4v) is 2.02. The van der Waals surface area contributed by atoms with E-state index in [1.165, 1.54) is 0 Å². The summed E-state index contributed by atoms with van der Waals surface area (Å²) < 4.78 is 10.5. The molecule has 4 N–H and O–H groups in total. The van der Waals surface area contributed by atoms with E-state index >= 15 is 0 Å². The van der Waals surface area contributed by atoms with Crippen LogP contribution in [0.5, 0.6) is 0 Å². The predicted molar refractivity (Wildman–Crippen MR) is 90.0 cm³/mol. The molecular weight excluding hydrogens is 282 g/mol. The summed E-state index contributed by atoms with van der Waals surface area (Å²) in [4.78, 5) is 11.9. The summed E-state index contributed by atoms with van der Waals surface area (Å²) in [6.45, 7) is 11.7. The minimum absolute atomic E-state index is 0.00656. The van der Waals surface area contributed by atoms with Gasteiger partial charge in [-0.25, -0.2) is 4.79 Å². The number of nitrogens with two attached hydrogens (primary N) is 1. The summed E-state index contributed by atoms with van der Waals surface area (Å²) >= 11 is 0. The van der Waals surface area contributed by atoms with Crippen LogP contribution in [-0.4, -0.2) is 50.6 Å². The van der Waals surface area contributed by atoms with E-state index < -0.39 is 5.60 Å². The first kappa shape index (κ1) is 21.1. The topological polar surface area (TPSA) is 85.6 Å². The molecule has 1 amide bonds. The first-order valence-electron chi connectivity index (χ1n) is 8.11. The molecule has 2 unspecified atom stereocenters. The lowest BCUT2D eigenvalue weighted by Gasteiger charge is -2.28. The summed E-state index contributed by atoms with van der Waals surface area (Å²) in [6.07, 6.45) is 1.53. The molecule has 0 aromatic carbocycles. The molecular formula is C16H35N3O3. The highest BCUT2D eigenvalue weighted by atomic mass is 16.6. The molecule has 0 spiro atoms. The maximum absolute atomic E-state index is 11.9. The van der Waals surface area contributed by atoms with Gasteiger partial charge in [0.05, 0.1) is 6.61 Å². The molecule has 0 aromatic heterocycles. The Morgan fingerprint density at radius 2 is 1.91 bits per heavy atom. The van der Waals surface area contributed by atoms with Gasteiger partial charge in [-0.3, -0.25) is 0 Å². The molecule has 2 atom stereocenters. The van der Waals surface area contributed by atoms with Gasteiger partial charge in [0.2, 0.25) is 0 Å².